The first-order valence-corrected chi connectivity index (χ1v) is 20.2. The molecule has 4 heterocycles. The summed E-state index contributed by atoms with van der Waals surface area (Å²) in [5.74, 6) is 0.590. The predicted molar refractivity (Wildman–Crippen MR) is 219 cm³/mol. The quantitative estimate of drug-likeness (QED) is 0.153. The number of allylic oxidation sites excluding steroid dienone is 1. The van der Waals surface area contributed by atoms with Crippen molar-refractivity contribution >= 4 is 35.3 Å². The molecule has 0 radical (unpaired) electrons. The number of H-pyrrole nitrogens is 1. The van der Waals surface area contributed by atoms with Crippen molar-refractivity contribution in [2.45, 2.75) is 75.5 Å². The molecule has 1 saturated carbocycles. The zero-order chi connectivity index (χ0) is 40.2. The molecular formula is C45H49N7O6. The van der Waals surface area contributed by atoms with Crippen LogP contribution in [0.4, 0.5) is 9.59 Å². The maximum absolute atomic E-state index is 13.9. The number of nitrogens with zero attached hydrogens (tertiary/aromatic N) is 4. The van der Waals surface area contributed by atoms with E-state index >= 15 is 0 Å². The summed E-state index contributed by atoms with van der Waals surface area (Å²) in [5.41, 5.74) is 8.01. The third-order valence-electron chi connectivity index (χ3n) is 12.0. The number of nitrogens with one attached hydrogen (secondary N) is 3. The number of aromatic amines is 1. The molecule has 1 aromatic heterocycles. The molecule has 4 amide bonds. The maximum atomic E-state index is 13.9. The van der Waals surface area contributed by atoms with E-state index in [0.717, 1.165) is 90.7 Å². The number of hydrogen-bond acceptors (Lipinski definition) is 8. The van der Waals surface area contributed by atoms with E-state index in [2.05, 4.69) is 64.1 Å². The number of alkyl carbamates (subject to hydrolysis) is 2. The van der Waals surface area contributed by atoms with Gasteiger partial charge >= 0.3 is 12.2 Å². The van der Waals surface area contributed by atoms with Crippen LogP contribution in [0.5, 0.6) is 0 Å². The number of benzene rings is 3. The third-order valence-corrected chi connectivity index (χ3v) is 12.0. The number of imidazole rings is 1. The van der Waals surface area contributed by atoms with Crippen molar-refractivity contribution in [1.29, 1.82) is 0 Å². The van der Waals surface area contributed by atoms with Crippen LogP contribution in [-0.2, 0) is 19.1 Å². The van der Waals surface area contributed by atoms with Crippen LogP contribution >= 0.6 is 0 Å². The Labute approximate surface area is 337 Å². The van der Waals surface area contributed by atoms with Crippen LogP contribution in [-0.4, -0.2) is 88.9 Å². The van der Waals surface area contributed by atoms with Crippen LogP contribution in [0, 0.1) is 5.92 Å². The number of carbonyl (C=O) groups is 4. The molecule has 1 aliphatic carbocycles. The monoisotopic (exact) mass is 783 g/mol. The number of ether oxygens (including phenoxy) is 2. The van der Waals surface area contributed by atoms with E-state index in [1.165, 1.54) is 14.2 Å². The lowest BCUT2D eigenvalue weighted by Crippen LogP contribution is -2.43. The second-order valence-corrected chi connectivity index (χ2v) is 15.5. The Morgan fingerprint density at radius 2 is 1.41 bits per heavy atom. The van der Waals surface area contributed by atoms with Gasteiger partial charge in [0.05, 0.1) is 38.2 Å². The molecule has 13 heteroatoms. The Morgan fingerprint density at radius 3 is 2.12 bits per heavy atom. The van der Waals surface area contributed by atoms with Crippen molar-refractivity contribution in [3.05, 3.63) is 108 Å². The molecular weight excluding hydrogens is 735 g/mol. The third kappa shape index (κ3) is 8.11. The van der Waals surface area contributed by atoms with Crippen molar-refractivity contribution in [3.63, 3.8) is 0 Å². The second-order valence-electron chi connectivity index (χ2n) is 15.5. The lowest BCUT2D eigenvalue weighted by Gasteiger charge is -2.28. The number of likely N-dealkylation sites (tertiary alicyclic amines) is 2. The van der Waals surface area contributed by atoms with Gasteiger partial charge in [-0.3, -0.25) is 14.6 Å². The van der Waals surface area contributed by atoms with E-state index in [4.69, 9.17) is 19.5 Å². The van der Waals surface area contributed by atoms with Crippen molar-refractivity contribution in [3.8, 4) is 22.4 Å². The minimum atomic E-state index is -0.873. The zero-order valence-electron chi connectivity index (χ0n) is 32.9. The largest absolute Gasteiger partial charge is 0.453 e. The van der Waals surface area contributed by atoms with E-state index in [1.54, 1.807) is 4.90 Å². The first kappa shape index (κ1) is 38.6. The van der Waals surface area contributed by atoms with Gasteiger partial charge in [-0.1, -0.05) is 78.9 Å². The average molecular weight is 784 g/mol. The van der Waals surface area contributed by atoms with Gasteiger partial charge in [0.2, 0.25) is 5.91 Å². The van der Waals surface area contributed by atoms with E-state index < -0.39 is 18.2 Å². The molecule has 0 bridgehead atoms. The molecule has 3 aliphatic heterocycles. The van der Waals surface area contributed by atoms with Gasteiger partial charge < -0.3 is 34.9 Å². The van der Waals surface area contributed by atoms with Crippen LogP contribution in [0.3, 0.4) is 0 Å². The van der Waals surface area contributed by atoms with Crippen molar-refractivity contribution in [2.75, 3.05) is 27.3 Å². The number of aromatic nitrogens is 2. The SMILES string of the molecule is COC(=O)N[C@@H]1CC[C@H](C(=O)N2CCC[C@H]2C2=NC=C(c3ccc(-c4ccc(-c5cnc([C@@H]6CCCN6C(=O)[C@H](NC(=O)OC)c6ccccc6)[nH]5)cc4)cc3)C2)C1. The highest BCUT2D eigenvalue weighted by Gasteiger charge is 2.40. The van der Waals surface area contributed by atoms with Crippen molar-refractivity contribution in [2.24, 2.45) is 10.9 Å². The Bertz CT molecular complexity index is 2200. The van der Waals surface area contributed by atoms with Gasteiger partial charge in [-0.15, -0.1) is 0 Å². The van der Waals surface area contributed by atoms with Gasteiger partial charge in [-0.05, 0) is 78.3 Å². The average Bonchev–Trinajstić information content (AvgIpc) is 4.12. The topological polar surface area (TPSA) is 158 Å². The van der Waals surface area contributed by atoms with Gasteiger partial charge in [-0.2, -0.15) is 0 Å². The Hall–Kier alpha value is -6.24. The number of aliphatic imine (C=N–C) groups is 1. The number of amides is 4. The molecule has 300 valence electrons. The highest BCUT2D eigenvalue weighted by Crippen LogP contribution is 2.36. The summed E-state index contributed by atoms with van der Waals surface area (Å²) in [6, 6.07) is 24.9. The van der Waals surface area contributed by atoms with Gasteiger partial charge in [0.1, 0.15) is 11.9 Å². The van der Waals surface area contributed by atoms with Crippen LogP contribution in [0.15, 0.2) is 96.3 Å². The van der Waals surface area contributed by atoms with Crippen LogP contribution in [0.2, 0.25) is 0 Å². The Kier molecular flexibility index (Phi) is 11.4. The molecule has 5 atom stereocenters. The standard InChI is InChI=1S/C45H49N7O6/c1-57-44(55)48-35-21-20-33(24-35)42(53)51-22-6-10-38(51)36-25-34(26-46-36)30-14-12-28(13-15-30)29-16-18-31(19-17-29)37-27-47-41(49-37)39-11-7-23-52(39)43(54)40(50-45(56)58-2)32-8-4-3-5-9-32/h3-5,8-9,12-19,26-27,33,35,38-40H,6-7,10-11,20-25H2,1-2H3,(H,47,49)(H,48,55)(H,50,56)/t33-,35+,38-,39-,40+/m0/s1. The highest BCUT2D eigenvalue weighted by molar-refractivity contribution is 6.03. The Morgan fingerprint density at radius 1 is 0.759 bits per heavy atom. The Balaban J connectivity index is 0.876. The second kappa shape index (κ2) is 17.1. The summed E-state index contributed by atoms with van der Waals surface area (Å²) in [7, 11) is 2.64. The number of rotatable bonds is 10. The smallest absolute Gasteiger partial charge is 0.407 e. The van der Waals surface area contributed by atoms with Gasteiger partial charge in [0.25, 0.3) is 5.91 Å². The fraction of sp³-hybridized carbons (Fsp3) is 0.378. The van der Waals surface area contributed by atoms with E-state index in [-0.39, 0.29) is 35.9 Å². The molecule has 4 aliphatic rings. The van der Waals surface area contributed by atoms with Crippen molar-refractivity contribution < 1.29 is 28.7 Å². The van der Waals surface area contributed by atoms with Gasteiger partial charge in [0.15, 0.2) is 0 Å². The molecule has 58 heavy (non-hydrogen) atoms. The number of hydrogen-bond donors (Lipinski definition) is 3. The van der Waals surface area contributed by atoms with Gasteiger partial charge in [0, 0.05) is 43.4 Å². The fourth-order valence-corrected chi connectivity index (χ4v) is 8.96. The van der Waals surface area contributed by atoms with Crippen molar-refractivity contribution in [1.82, 2.24) is 30.4 Å². The van der Waals surface area contributed by atoms with E-state index in [1.807, 2.05) is 47.6 Å². The molecule has 3 aromatic carbocycles. The predicted octanol–water partition coefficient (Wildman–Crippen LogP) is 7.21. The molecule has 4 aromatic rings. The highest BCUT2D eigenvalue weighted by atomic mass is 16.5. The summed E-state index contributed by atoms with van der Waals surface area (Å²) in [6.45, 7) is 1.30. The summed E-state index contributed by atoms with van der Waals surface area (Å²) >= 11 is 0. The maximum Gasteiger partial charge on any atom is 0.407 e. The lowest BCUT2D eigenvalue weighted by molar-refractivity contribution is -0.135. The molecule has 2 saturated heterocycles. The lowest BCUT2D eigenvalue weighted by atomic mass is 9.96. The molecule has 0 spiro atoms. The molecule has 3 fully saturated rings. The molecule has 3 N–H and O–H groups in total. The van der Waals surface area contributed by atoms with E-state index in [0.29, 0.717) is 24.4 Å². The number of methoxy groups -OCH3 is 2. The first-order chi connectivity index (χ1) is 28.3. The normalized spacial score (nSPS) is 22.0. The minimum absolute atomic E-state index is 0.0135. The summed E-state index contributed by atoms with van der Waals surface area (Å²) in [6.07, 6.45) is 9.02. The first-order valence-electron chi connectivity index (χ1n) is 20.2. The summed E-state index contributed by atoms with van der Waals surface area (Å²) < 4.78 is 9.57. The molecule has 0 unspecified atom stereocenters. The van der Waals surface area contributed by atoms with E-state index in [9.17, 15) is 19.2 Å². The minimum Gasteiger partial charge on any atom is -0.453 e. The number of carbonyl (C=O) groups excluding carboxylic acids is 4. The summed E-state index contributed by atoms with van der Waals surface area (Å²) in [5, 5.41) is 5.57. The van der Waals surface area contributed by atoms with Crippen LogP contribution in [0.25, 0.3) is 28.0 Å². The fourth-order valence-electron chi connectivity index (χ4n) is 8.96. The zero-order valence-corrected chi connectivity index (χ0v) is 32.9. The van der Waals surface area contributed by atoms with Crippen LogP contribution < -0.4 is 10.6 Å². The summed E-state index contributed by atoms with van der Waals surface area (Å²) in [4.78, 5) is 68.2. The van der Waals surface area contributed by atoms with Crippen LogP contribution in [0.1, 0.15) is 80.4 Å². The molecule has 13 nitrogen and oxygen atoms in total. The van der Waals surface area contributed by atoms with Gasteiger partial charge in [-0.25, -0.2) is 14.6 Å². The molecule has 8 rings (SSSR count).